The molecule has 0 radical (unpaired) electrons. The lowest BCUT2D eigenvalue weighted by Crippen LogP contribution is -2.27. The Kier molecular flexibility index (Phi) is 7.70. The number of rotatable bonds is 9. The van der Waals surface area contributed by atoms with Crippen molar-refractivity contribution < 1.29 is 17.6 Å². The summed E-state index contributed by atoms with van der Waals surface area (Å²) in [6.45, 7) is 0.446. The Hall–Kier alpha value is -2.84. The summed E-state index contributed by atoms with van der Waals surface area (Å²) >= 11 is 1.54. The third-order valence-electron chi connectivity index (χ3n) is 4.64. The van der Waals surface area contributed by atoms with Gasteiger partial charge in [0.2, 0.25) is 0 Å². The number of hydrogen-bond donors (Lipinski definition) is 1. The molecule has 162 valence electrons. The van der Waals surface area contributed by atoms with Gasteiger partial charge < -0.3 is 5.32 Å². The fourth-order valence-corrected chi connectivity index (χ4v) is 4.91. The number of hydrogen-bond acceptors (Lipinski definition) is 4. The van der Waals surface area contributed by atoms with Gasteiger partial charge in [0.25, 0.3) is 15.9 Å². The number of benzene rings is 3. The van der Waals surface area contributed by atoms with E-state index in [1.807, 2.05) is 0 Å². The number of carbonyl (C=O) groups excluding carboxylic acids is 1. The quantitative estimate of drug-likeness (QED) is 0.485. The van der Waals surface area contributed by atoms with Gasteiger partial charge in [0, 0.05) is 30.7 Å². The zero-order valence-corrected chi connectivity index (χ0v) is 18.6. The fourth-order valence-electron chi connectivity index (χ4n) is 2.85. The lowest BCUT2D eigenvalue weighted by Gasteiger charge is -2.19. The van der Waals surface area contributed by atoms with Crippen molar-refractivity contribution in [2.24, 2.45) is 0 Å². The number of carbonyl (C=O) groups is 1. The van der Waals surface area contributed by atoms with Crippen molar-refractivity contribution in [3.8, 4) is 0 Å². The first-order valence-corrected chi connectivity index (χ1v) is 12.2. The second-order valence-electron chi connectivity index (χ2n) is 6.73. The maximum Gasteiger partial charge on any atom is 0.264 e. The third kappa shape index (κ3) is 5.86. The molecule has 0 aliphatic heterocycles. The molecular formula is C23H23FN2O3S2. The molecule has 5 nitrogen and oxygen atoms in total. The van der Waals surface area contributed by atoms with E-state index in [4.69, 9.17) is 0 Å². The topological polar surface area (TPSA) is 66.5 Å². The minimum absolute atomic E-state index is 0.201. The van der Waals surface area contributed by atoms with Gasteiger partial charge >= 0.3 is 0 Å². The minimum atomic E-state index is -3.67. The molecule has 1 N–H and O–H groups in total. The predicted molar refractivity (Wildman–Crippen MR) is 123 cm³/mol. The molecule has 0 aliphatic rings. The maximum absolute atomic E-state index is 13.6. The summed E-state index contributed by atoms with van der Waals surface area (Å²) < 4.78 is 40.2. The Morgan fingerprint density at radius 1 is 0.968 bits per heavy atom. The van der Waals surface area contributed by atoms with Gasteiger partial charge in [0.05, 0.1) is 10.6 Å². The monoisotopic (exact) mass is 458 g/mol. The molecule has 0 unspecified atom stereocenters. The number of nitrogens with zero attached hydrogens (tertiary/aromatic N) is 1. The summed E-state index contributed by atoms with van der Waals surface area (Å²) in [5.74, 6) is 0.723. The van der Waals surface area contributed by atoms with E-state index in [0.717, 1.165) is 0 Å². The van der Waals surface area contributed by atoms with Crippen LogP contribution in [0.15, 0.2) is 83.8 Å². The van der Waals surface area contributed by atoms with E-state index in [2.05, 4.69) is 5.32 Å². The van der Waals surface area contributed by atoms with Crippen LogP contribution in [0.1, 0.15) is 15.9 Å². The largest absolute Gasteiger partial charge is 0.351 e. The lowest BCUT2D eigenvalue weighted by atomic mass is 10.2. The second-order valence-corrected chi connectivity index (χ2v) is 9.81. The van der Waals surface area contributed by atoms with Crippen molar-refractivity contribution in [2.75, 3.05) is 23.7 Å². The molecule has 31 heavy (non-hydrogen) atoms. The van der Waals surface area contributed by atoms with Gasteiger partial charge in [0.1, 0.15) is 5.82 Å². The normalized spacial score (nSPS) is 11.2. The van der Waals surface area contributed by atoms with Crippen molar-refractivity contribution in [1.29, 1.82) is 0 Å². The van der Waals surface area contributed by atoms with E-state index >= 15 is 0 Å². The summed E-state index contributed by atoms with van der Waals surface area (Å²) in [6, 6.07) is 21.2. The summed E-state index contributed by atoms with van der Waals surface area (Å²) in [5, 5.41) is 2.82. The van der Waals surface area contributed by atoms with Gasteiger partial charge in [-0.2, -0.15) is 11.8 Å². The van der Waals surface area contributed by atoms with Crippen molar-refractivity contribution in [2.45, 2.75) is 10.6 Å². The van der Waals surface area contributed by atoms with E-state index in [9.17, 15) is 17.6 Å². The number of thioether (sulfide) groups is 1. The van der Waals surface area contributed by atoms with Gasteiger partial charge in [-0.3, -0.25) is 9.10 Å². The Labute approximate surface area is 186 Å². The van der Waals surface area contributed by atoms with Crippen LogP contribution in [0, 0.1) is 5.82 Å². The standard InChI is InChI=1S/C23H23FN2O3S2/c1-26(31(28,29)21-8-3-2-4-9-21)20-13-11-18(12-14-20)23(27)25-15-16-30-17-19-7-5-6-10-22(19)24/h2-14H,15-17H2,1H3,(H,25,27). The molecule has 0 saturated carbocycles. The summed E-state index contributed by atoms with van der Waals surface area (Å²) in [7, 11) is -2.19. The zero-order valence-electron chi connectivity index (χ0n) is 17.0. The maximum atomic E-state index is 13.6. The molecule has 0 fully saturated rings. The van der Waals surface area contributed by atoms with Gasteiger partial charge in [-0.25, -0.2) is 12.8 Å². The van der Waals surface area contributed by atoms with Crippen LogP contribution in [0.3, 0.4) is 0 Å². The van der Waals surface area contributed by atoms with Gasteiger partial charge in [0.15, 0.2) is 0 Å². The number of amides is 1. The van der Waals surface area contributed by atoms with Crippen LogP contribution < -0.4 is 9.62 Å². The average molecular weight is 459 g/mol. The molecular weight excluding hydrogens is 435 g/mol. The first-order valence-electron chi connectivity index (χ1n) is 9.63. The molecule has 0 bridgehead atoms. The Balaban J connectivity index is 1.51. The Morgan fingerprint density at radius 2 is 1.61 bits per heavy atom. The van der Waals surface area contributed by atoms with E-state index in [-0.39, 0.29) is 16.6 Å². The van der Waals surface area contributed by atoms with E-state index in [0.29, 0.717) is 34.9 Å². The predicted octanol–water partition coefficient (Wildman–Crippen LogP) is 4.31. The van der Waals surface area contributed by atoms with E-state index < -0.39 is 10.0 Å². The van der Waals surface area contributed by atoms with Gasteiger partial charge in [-0.1, -0.05) is 36.4 Å². The number of halogens is 1. The Bertz CT molecular complexity index is 1120. The number of sulfonamides is 1. The molecule has 0 atom stereocenters. The summed E-state index contributed by atoms with van der Waals surface area (Å²) in [4.78, 5) is 12.5. The highest BCUT2D eigenvalue weighted by Gasteiger charge is 2.21. The van der Waals surface area contributed by atoms with Gasteiger partial charge in [-0.05, 0) is 48.0 Å². The number of nitrogens with one attached hydrogen (secondary N) is 1. The van der Waals surface area contributed by atoms with Crippen LogP contribution >= 0.6 is 11.8 Å². The molecule has 1 amide bonds. The van der Waals surface area contributed by atoms with Crippen LogP contribution in [-0.4, -0.2) is 33.7 Å². The molecule has 3 aromatic rings. The van der Waals surface area contributed by atoms with Crippen molar-refractivity contribution in [3.63, 3.8) is 0 Å². The van der Waals surface area contributed by atoms with Crippen LogP contribution in [0.4, 0.5) is 10.1 Å². The van der Waals surface area contributed by atoms with E-state index in [1.165, 1.54) is 41.3 Å². The third-order valence-corrected chi connectivity index (χ3v) is 7.45. The Morgan fingerprint density at radius 3 is 2.29 bits per heavy atom. The number of anilines is 1. The van der Waals surface area contributed by atoms with Crippen LogP contribution in [0.2, 0.25) is 0 Å². The molecule has 0 heterocycles. The highest BCUT2D eigenvalue weighted by Crippen LogP contribution is 2.22. The SMILES string of the molecule is CN(c1ccc(C(=O)NCCSCc2ccccc2F)cc1)S(=O)(=O)c1ccccc1. The molecule has 0 aliphatic carbocycles. The van der Waals surface area contributed by atoms with Crippen molar-refractivity contribution >= 4 is 33.4 Å². The van der Waals surface area contributed by atoms with Crippen LogP contribution in [-0.2, 0) is 15.8 Å². The molecule has 0 aromatic heterocycles. The summed E-state index contributed by atoms with van der Waals surface area (Å²) in [5.41, 5.74) is 1.54. The van der Waals surface area contributed by atoms with Crippen molar-refractivity contribution in [1.82, 2.24) is 5.32 Å². The molecule has 3 aromatic carbocycles. The summed E-state index contributed by atoms with van der Waals surface area (Å²) in [6.07, 6.45) is 0. The van der Waals surface area contributed by atoms with Crippen LogP contribution in [0.5, 0.6) is 0 Å². The highest BCUT2D eigenvalue weighted by molar-refractivity contribution is 7.98. The molecule has 8 heteroatoms. The first-order chi connectivity index (χ1) is 14.9. The fraction of sp³-hybridized carbons (Fsp3) is 0.174. The van der Waals surface area contributed by atoms with Crippen LogP contribution in [0.25, 0.3) is 0 Å². The molecule has 0 spiro atoms. The molecule has 0 saturated heterocycles. The van der Waals surface area contributed by atoms with Crippen molar-refractivity contribution in [3.05, 3.63) is 95.8 Å². The second kappa shape index (κ2) is 10.5. The van der Waals surface area contributed by atoms with E-state index in [1.54, 1.807) is 60.7 Å². The highest BCUT2D eigenvalue weighted by atomic mass is 32.2. The average Bonchev–Trinajstić information content (AvgIpc) is 2.80. The zero-order chi connectivity index (χ0) is 22.3. The first kappa shape index (κ1) is 22.8. The minimum Gasteiger partial charge on any atom is -0.351 e. The molecule has 3 rings (SSSR count). The lowest BCUT2D eigenvalue weighted by molar-refractivity contribution is 0.0956. The smallest absolute Gasteiger partial charge is 0.264 e. The van der Waals surface area contributed by atoms with Gasteiger partial charge in [-0.15, -0.1) is 0 Å².